The number of aliphatic hydroxyl groups is 1. The topological polar surface area (TPSA) is 61.8 Å². The summed E-state index contributed by atoms with van der Waals surface area (Å²) < 4.78 is 5.40. The summed E-state index contributed by atoms with van der Waals surface area (Å²) in [5.74, 6) is 0.249. The van der Waals surface area contributed by atoms with Gasteiger partial charge in [-0.25, -0.2) is 0 Å². The van der Waals surface area contributed by atoms with Crippen molar-refractivity contribution in [3.8, 4) is 0 Å². The first-order valence-corrected chi connectivity index (χ1v) is 6.01. The second-order valence-corrected chi connectivity index (χ2v) is 4.49. The second-order valence-electron chi connectivity index (χ2n) is 4.49. The molecule has 0 bridgehead atoms. The Balaban J connectivity index is 1.88. The molecule has 0 radical (unpaired) electrons. The van der Waals surface area contributed by atoms with Gasteiger partial charge in [0.15, 0.2) is 0 Å². The van der Waals surface area contributed by atoms with E-state index in [1.165, 1.54) is 0 Å². The standard InChI is InChI=1S/C11H20N2O3/c1-2-16-10-7-13(6-9(10)14)11(15)8-3-4-12-5-8/h8-10,12,14H,2-7H2,1H3/t8-,9+,10-/m1/s1. The maximum Gasteiger partial charge on any atom is 0.227 e. The number of hydrogen-bond acceptors (Lipinski definition) is 4. The Morgan fingerprint density at radius 3 is 3.00 bits per heavy atom. The van der Waals surface area contributed by atoms with Gasteiger partial charge in [0.25, 0.3) is 0 Å². The van der Waals surface area contributed by atoms with Crippen LogP contribution in [-0.4, -0.2) is 60.9 Å². The van der Waals surface area contributed by atoms with Crippen molar-refractivity contribution in [2.24, 2.45) is 5.92 Å². The van der Waals surface area contributed by atoms with Crippen molar-refractivity contribution in [1.29, 1.82) is 0 Å². The highest BCUT2D eigenvalue weighted by Gasteiger charge is 2.37. The number of β-amino-alcohol motifs (C(OH)–C–C–N with tert-alkyl or cyclic N) is 1. The molecule has 2 saturated heterocycles. The van der Waals surface area contributed by atoms with Gasteiger partial charge in [-0.2, -0.15) is 0 Å². The lowest BCUT2D eigenvalue weighted by Gasteiger charge is -2.19. The third-order valence-electron chi connectivity index (χ3n) is 3.34. The van der Waals surface area contributed by atoms with Gasteiger partial charge in [-0.15, -0.1) is 0 Å². The normalized spacial score (nSPS) is 34.6. The third kappa shape index (κ3) is 2.36. The Morgan fingerprint density at radius 2 is 2.38 bits per heavy atom. The number of nitrogens with zero attached hydrogens (tertiary/aromatic N) is 1. The van der Waals surface area contributed by atoms with Gasteiger partial charge >= 0.3 is 0 Å². The molecule has 2 N–H and O–H groups in total. The Labute approximate surface area is 95.8 Å². The SMILES string of the molecule is CCO[C@@H]1CN(C(=O)[C@@H]2CCNC2)C[C@@H]1O. The van der Waals surface area contributed by atoms with Crippen LogP contribution in [0.25, 0.3) is 0 Å². The number of hydrogen-bond donors (Lipinski definition) is 2. The van der Waals surface area contributed by atoms with Crippen molar-refractivity contribution < 1.29 is 14.6 Å². The van der Waals surface area contributed by atoms with Gasteiger partial charge in [-0.3, -0.25) is 4.79 Å². The van der Waals surface area contributed by atoms with Gasteiger partial charge in [0, 0.05) is 26.2 Å². The predicted octanol–water partition coefficient (Wildman–Crippen LogP) is -0.796. The maximum atomic E-state index is 12.1. The first-order valence-electron chi connectivity index (χ1n) is 6.01. The highest BCUT2D eigenvalue weighted by atomic mass is 16.5. The highest BCUT2D eigenvalue weighted by molar-refractivity contribution is 5.79. The summed E-state index contributed by atoms with van der Waals surface area (Å²) in [6, 6.07) is 0. The van der Waals surface area contributed by atoms with Crippen molar-refractivity contribution >= 4 is 5.91 Å². The monoisotopic (exact) mass is 228 g/mol. The molecule has 0 aromatic carbocycles. The number of carbonyl (C=O) groups excluding carboxylic acids is 1. The number of aliphatic hydroxyl groups excluding tert-OH is 1. The summed E-state index contributed by atoms with van der Waals surface area (Å²) >= 11 is 0. The minimum Gasteiger partial charge on any atom is -0.388 e. The lowest BCUT2D eigenvalue weighted by Crippen LogP contribution is -2.36. The van der Waals surface area contributed by atoms with Gasteiger partial charge in [0.05, 0.1) is 12.0 Å². The summed E-state index contributed by atoms with van der Waals surface area (Å²) in [6.07, 6.45) is 0.173. The minimum absolute atomic E-state index is 0.0903. The molecule has 2 aliphatic rings. The summed E-state index contributed by atoms with van der Waals surface area (Å²) in [7, 11) is 0. The van der Waals surface area contributed by atoms with Crippen molar-refractivity contribution in [2.75, 3.05) is 32.8 Å². The summed E-state index contributed by atoms with van der Waals surface area (Å²) in [4.78, 5) is 13.8. The molecule has 16 heavy (non-hydrogen) atoms. The second kappa shape index (κ2) is 5.12. The number of ether oxygens (including phenoxy) is 1. The largest absolute Gasteiger partial charge is 0.388 e. The van der Waals surface area contributed by atoms with Crippen molar-refractivity contribution in [2.45, 2.75) is 25.6 Å². The number of rotatable bonds is 3. The van der Waals surface area contributed by atoms with E-state index in [-0.39, 0.29) is 17.9 Å². The van der Waals surface area contributed by atoms with Gasteiger partial charge in [-0.05, 0) is 19.9 Å². The van der Waals surface area contributed by atoms with Crippen LogP contribution >= 0.6 is 0 Å². The zero-order valence-electron chi connectivity index (χ0n) is 9.69. The molecule has 0 saturated carbocycles. The fraction of sp³-hybridized carbons (Fsp3) is 0.909. The van der Waals surface area contributed by atoms with E-state index >= 15 is 0 Å². The molecule has 2 fully saturated rings. The molecule has 3 atom stereocenters. The van der Waals surface area contributed by atoms with Crippen LogP contribution in [0.5, 0.6) is 0 Å². The summed E-state index contributed by atoms with van der Waals surface area (Å²) in [5, 5.41) is 12.9. The quantitative estimate of drug-likeness (QED) is 0.664. The highest BCUT2D eigenvalue weighted by Crippen LogP contribution is 2.19. The van der Waals surface area contributed by atoms with Gasteiger partial charge < -0.3 is 20.1 Å². The molecule has 2 aliphatic heterocycles. The first kappa shape index (κ1) is 11.8. The van der Waals surface area contributed by atoms with Gasteiger partial charge in [0.2, 0.25) is 5.91 Å². The smallest absolute Gasteiger partial charge is 0.227 e. The predicted molar refractivity (Wildman–Crippen MR) is 59.0 cm³/mol. The average Bonchev–Trinajstić information content (AvgIpc) is 2.88. The molecule has 2 heterocycles. The molecular weight excluding hydrogens is 208 g/mol. The number of amides is 1. The molecule has 0 aromatic heterocycles. The zero-order chi connectivity index (χ0) is 11.5. The molecule has 1 amide bonds. The Morgan fingerprint density at radius 1 is 1.56 bits per heavy atom. The van der Waals surface area contributed by atoms with E-state index in [0.717, 1.165) is 19.5 Å². The van der Waals surface area contributed by atoms with Crippen LogP contribution in [0.4, 0.5) is 0 Å². The van der Waals surface area contributed by atoms with E-state index in [4.69, 9.17) is 4.74 Å². The summed E-state index contributed by atoms with van der Waals surface area (Å²) in [6.45, 7) is 5.11. The molecule has 92 valence electrons. The Hall–Kier alpha value is -0.650. The van der Waals surface area contributed by atoms with Crippen LogP contribution in [0.15, 0.2) is 0 Å². The zero-order valence-corrected chi connectivity index (χ0v) is 9.69. The van der Waals surface area contributed by atoms with Crippen LogP contribution in [0, 0.1) is 5.92 Å². The van der Waals surface area contributed by atoms with Crippen LogP contribution in [0.2, 0.25) is 0 Å². The molecular formula is C11H20N2O3. The van der Waals surface area contributed by atoms with Crippen LogP contribution in [0.3, 0.4) is 0 Å². The maximum absolute atomic E-state index is 12.1. The van der Waals surface area contributed by atoms with Gasteiger partial charge in [0.1, 0.15) is 6.10 Å². The fourth-order valence-electron chi connectivity index (χ4n) is 2.44. The first-order chi connectivity index (χ1) is 7.72. The fourth-order valence-corrected chi connectivity index (χ4v) is 2.44. The Bertz CT molecular complexity index is 254. The molecule has 0 aromatic rings. The third-order valence-corrected chi connectivity index (χ3v) is 3.34. The van der Waals surface area contributed by atoms with Crippen LogP contribution in [-0.2, 0) is 9.53 Å². The van der Waals surface area contributed by atoms with E-state index in [1.807, 2.05) is 6.92 Å². The van der Waals surface area contributed by atoms with Crippen molar-refractivity contribution in [3.05, 3.63) is 0 Å². The van der Waals surface area contributed by atoms with E-state index in [2.05, 4.69) is 5.32 Å². The number of likely N-dealkylation sites (tertiary alicyclic amines) is 1. The number of carbonyl (C=O) groups is 1. The van der Waals surface area contributed by atoms with E-state index in [0.29, 0.717) is 19.7 Å². The Kier molecular flexibility index (Phi) is 3.78. The molecule has 0 spiro atoms. The van der Waals surface area contributed by atoms with E-state index in [1.54, 1.807) is 4.90 Å². The van der Waals surface area contributed by atoms with E-state index < -0.39 is 6.10 Å². The average molecular weight is 228 g/mol. The van der Waals surface area contributed by atoms with E-state index in [9.17, 15) is 9.90 Å². The minimum atomic E-state index is -0.529. The molecule has 5 heteroatoms. The lowest BCUT2D eigenvalue weighted by atomic mass is 10.1. The molecule has 2 rings (SSSR count). The molecule has 0 unspecified atom stereocenters. The van der Waals surface area contributed by atoms with Crippen LogP contribution in [0.1, 0.15) is 13.3 Å². The summed E-state index contributed by atoms with van der Waals surface area (Å²) in [5.41, 5.74) is 0. The lowest BCUT2D eigenvalue weighted by molar-refractivity contribution is -0.134. The van der Waals surface area contributed by atoms with Crippen LogP contribution < -0.4 is 5.32 Å². The molecule has 0 aliphatic carbocycles. The van der Waals surface area contributed by atoms with Crippen molar-refractivity contribution in [1.82, 2.24) is 10.2 Å². The molecule has 5 nitrogen and oxygen atoms in total. The number of nitrogens with one attached hydrogen (secondary N) is 1. The van der Waals surface area contributed by atoms with Gasteiger partial charge in [-0.1, -0.05) is 0 Å². The van der Waals surface area contributed by atoms with Crippen molar-refractivity contribution in [3.63, 3.8) is 0 Å².